The molecule has 2 aromatic carbocycles. The monoisotopic (exact) mass is 368 g/mol. The number of ether oxygens (including phenoxy) is 2. The van der Waals surface area contributed by atoms with Crippen molar-refractivity contribution in [2.24, 2.45) is 0 Å². The zero-order valence-corrected chi connectivity index (χ0v) is 16.2. The van der Waals surface area contributed by atoms with E-state index in [0.717, 1.165) is 49.7 Å². The Hall–Kier alpha value is -2.37. The Bertz CT molecular complexity index is 770. The van der Waals surface area contributed by atoms with Crippen molar-refractivity contribution >= 4 is 5.91 Å². The van der Waals surface area contributed by atoms with Gasteiger partial charge in [0.25, 0.3) is 0 Å². The number of aryl methyl sites for hydroxylation is 1. The van der Waals surface area contributed by atoms with Gasteiger partial charge < -0.3 is 14.8 Å². The number of hydrogen-bond acceptors (Lipinski definition) is 4. The van der Waals surface area contributed by atoms with Crippen molar-refractivity contribution in [3.8, 4) is 5.75 Å². The zero-order chi connectivity index (χ0) is 19.1. The molecule has 144 valence electrons. The van der Waals surface area contributed by atoms with Crippen LogP contribution in [0.5, 0.6) is 5.75 Å². The van der Waals surface area contributed by atoms with Crippen molar-refractivity contribution in [1.29, 1.82) is 0 Å². The van der Waals surface area contributed by atoms with Gasteiger partial charge in [-0.1, -0.05) is 36.4 Å². The normalized spacial score (nSPS) is 14.7. The van der Waals surface area contributed by atoms with Gasteiger partial charge in [-0.2, -0.15) is 0 Å². The Balaban J connectivity index is 1.56. The fourth-order valence-corrected chi connectivity index (χ4v) is 3.38. The lowest BCUT2D eigenvalue weighted by Crippen LogP contribution is -2.36. The van der Waals surface area contributed by atoms with Gasteiger partial charge in [-0.3, -0.25) is 9.69 Å². The molecule has 0 aliphatic carbocycles. The van der Waals surface area contributed by atoms with E-state index in [-0.39, 0.29) is 5.91 Å². The molecule has 0 unspecified atom stereocenters. The van der Waals surface area contributed by atoms with Gasteiger partial charge >= 0.3 is 0 Å². The van der Waals surface area contributed by atoms with E-state index in [1.807, 2.05) is 31.2 Å². The van der Waals surface area contributed by atoms with Gasteiger partial charge in [-0.05, 0) is 35.2 Å². The SMILES string of the molecule is COc1ccc(CC(=O)NCc2ccccc2CN2CCOCC2)cc1C. The first-order valence-corrected chi connectivity index (χ1v) is 9.43. The van der Waals surface area contributed by atoms with Crippen LogP contribution in [0.2, 0.25) is 0 Å². The highest BCUT2D eigenvalue weighted by atomic mass is 16.5. The van der Waals surface area contributed by atoms with Crippen LogP contribution in [0.15, 0.2) is 42.5 Å². The van der Waals surface area contributed by atoms with Crippen LogP contribution in [0.4, 0.5) is 0 Å². The molecule has 0 saturated carbocycles. The van der Waals surface area contributed by atoms with E-state index >= 15 is 0 Å². The highest BCUT2D eigenvalue weighted by Crippen LogP contribution is 2.19. The third-order valence-corrected chi connectivity index (χ3v) is 4.92. The first-order valence-electron chi connectivity index (χ1n) is 9.43. The lowest BCUT2D eigenvalue weighted by Gasteiger charge is -2.27. The number of amides is 1. The molecule has 1 heterocycles. The van der Waals surface area contributed by atoms with Crippen LogP contribution in [0.3, 0.4) is 0 Å². The summed E-state index contributed by atoms with van der Waals surface area (Å²) in [6, 6.07) is 14.2. The summed E-state index contributed by atoms with van der Waals surface area (Å²) in [4.78, 5) is 14.8. The molecule has 1 amide bonds. The van der Waals surface area contributed by atoms with Gasteiger partial charge in [0.05, 0.1) is 26.7 Å². The topological polar surface area (TPSA) is 50.8 Å². The van der Waals surface area contributed by atoms with Crippen LogP contribution < -0.4 is 10.1 Å². The lowest BCUT2D eigenvalue weighted by molar-refractivity contribution is -0.120. The van der Waals surface area contributed by atoms with Gasteiger partial charge in [-0.25, -0.2) is 0 Å². The summed E-state index contributed by atoms with van der Waals surface area (Å²) in [5.74, 6) is 0.872. The molecular formula is C22H28N2O3. The van der Waals surface area contributed by atoms with Crippen molar-refractivity contribution in [3.05, 3.63) is 64.7 Å². The molecule has 3 rings (SSSR count). The predicted octanol–water partition coefficient (Wildman–Crippen LogP) is 2.69. The zero-order valence-electron chi connectivity index (χ0n) is 16.2. The lowest BCUT2D eigenvalue weighted by atomic mass is 10.1. The largest absolute Gasteiger partial charge is 0.496 e. The number of rotatable bonds is 7. The Labute approximate surface area is 161 Å². The van der Waals surface area contributed by atoms with Crippen LogP contribution in [0.25, 0.3) is 0 Å². The van der Waals surface area contributed by atoms with E-state index in [1.165, 1.54) is 11.1 Å². The molecule has 27 heavy (non-hydrogen) atoms. The molecule has 1 fully saturated rings. The Morgan fingerprint density at radius 1 is 1.15 bits per heavy atom. The number of methoxy groups -OCH3 is 1. The quantitative estimate of drug-likeness (QED) is 0.816. The summed E-state index contributed by atoms with van der Waals surface area (Å²) in [5.41, 5.74) is 4.47. The smallest absolute Gasteiger partial charge is 0.224 e. The first kappa shape index (κ1) is 19.4. The summed E-state index contributed by atoms with van der Waals surface area (Å²) < 4.78 is 10.7. The number of carbonyl (C=O) groups excluding carboxylic acids is 1. The minimum absolute atomic E-state index is 0.0285. The highest BCUT2D eigenvalue weighted by molar-refractivity contribution is 5.78. The average Bonchev–Trinajstić information content (AvgIpc) is 2.68. The van der Waals surface area contributed by atoms with Crippen molar-refractivity contribution in [1.82, 2.24) is 10.2 Å². The van der Waals surface area contributed by atoms with Crippen LogP contribution in [0.1, 0.15) is 22.3 Å². The minimum atomic E-state index is 0.0285. The number of benzene rings is 2. The molecule has 5 nitrogen and oxygen atoms in total. The van der Waals surface area contributed by atoms with Crippen LogP contribution in [-0.4, -0.2) is 44.2 Å². The second kappa shape index (κ2) is 9.53. The summed E-state index contributed by atoms with van der Waals surface area (Å²) in [5, 5.41) is 3.06. The molecule has 1 aliphatic rings. The number of carbonyl (C=O) groups is 1. The number of nitrogens with one attached hydrogen (secondary N) is 1. The summed E-state index contributed by atoms with van der Waals surface area (Å²) >= 11 is 0. The summed E-state index contributed by atoms with van der Waals surface area (Å²) in [6.07, 6.45) is 0.371. The highest BCUT2D eigenvalue weighted by Gasteiger charge is 2.13. The second-order valence-corrected chi connectivity index (χ2v) is 6.91. The Morgan fingerprint density at radius 2 is 1.89 bits per heavy atom. The van der Waals surface area contributed by atoms with E-state index in [2.05, 4.69) is 28.4 Å². The minimum Gasteiger partial charge on any atom is -0.496 e. The van der Waals surface area contributed by atoms with Crippen molar-refractivity contribution < 1.29 is 14.3 Å². The van der Waals surface area contributed by atoms with Crippen molar-refractivity contribution in [3.63, 3.8) is 0 Å². The molecule has 5 heteroatoms. The molecule has 0 bridgehead atoms. The molecule has 0 radical (unpaired) electrons. The Morgan fingerprint density at radius 3 is 2.59 bits per heavy atom. The average molecular weight is 368 g/mol. The molecule has 1 aliphatic heterocycles. The van der Waals surface area contributed by atoms with Gasteiger partial charge in [-0.15, -0.1) is 0 Å². The molecule has 0 aromatic heterocycles. The van der Waals surface area contributed by atoms with Crippen LogP contribution in [-0.2, 0) is 29.0 Å². The van der Waals surface area contributed by atoms with Crippen LogP contribution in [0, 0.1) is 6.92 Å². The number of nitrogens with zero attached hydrogens (tertiary/aromatic N) is 1. The van der Waals surface area contributed by atoms with Gasteiger partial charge in [0.2, 0.25) is 5.91 Å². The fraction of sp³-hybridized carbons (Fsp3) is 0.409. The summed E-state index contributed by atoms with van der Waals surface area (Å²) in [6.45, 7) is 6.93. The second-order valence-electron chi connectivity index (χ2n) is 6.91. The van der Waals surface area contributed by atoms with E-state index in [0.29, 0.717) is 13.0 Å². The molecule has 1 N–H and O–H groups in total. The van der Waals surface area contributed by atoms with E-state index in [1.54, 1.807) is 7.11 Å². The van der Waals surface area contributed by atoms with Gasteiger partial charge in [0.15, 0.2) is 0 Å². The molecule has 0 atom stereocenters. The molecule has 0 spiro atoms. The maximum atomic E-state index is 12.4. The maximum Gasteiger partial charge on any atom is 0.224 e. The first-order chi connectivity index (χ1) is 13.2. The third kappa shape index (κ3) is 5.55. The molecular weight excluding hydrogens is 340 g/mol. The maximum absolute atomic E-state index is 12.4. The predicted molar refractivity (Wildman–Crippen MR) is 106 cm³/mol. The van der Waals surface area contributed by atoms with E-state index in [9.17, 15) is 4.79 Å². The van der Waals surface area contributed by atoms with Crippen molar-refractivity contribution in [2.45, 2.75) is 26.4 Å². The standard InChI is InChI=1S/C22H28N2O3/c1-17-13-18(7-8-21(17)26-2)14-22(25)23-15-19-5-3-4-6-20(19)16-24-9-11-27-12-10-24/h3-8,13H,9-12,14-16H2,1-2H3,(H,23,25). The molecule has 2 aromatic rings. The fourth-order valence-electron chi connectivity index (χ4n) is 3.38. The Kier molecular flexibility index (Phi) is 6.85. The van der Waals surface area contributed by atoms with Gasteiger partial charge in [0.1, 0.15) is 5.75 Å². The number of morpholine rings is 1. The van der Waals surface area contributed by atoms with Crippen molar-refractivity contribution in [2.75, 3.05) is 33.4 Å². The number of hydrogen-bond donors (Lipinski definition) is 1. The van der Waals surface area contributed by atoms with Crippen LogP contribution >= 0.6 is 0 Å². The van der Waals surface area contributed by atoms with E-state index < -0.39 is 0 Å². The summed E-state index contributed by atoms with van der Waals surface area (Å²) in [7, 11) is 1.66. The molecule has 1 saturated heterocycles. The third-order valence-electron chi connectivity index (χ3n) is 4.92. The van der Waals surface area contributed by atoms with Gasteiger partial charge in [0, 0.05) is 26.2 Å². The van der Waals surface area contributed by atoms with E-state index in [4.69, 9.17) is 9.47 Å².